The summed E-state index contributed by atoms with van der Waals surface area (Å²) < 4.78 is 10.9. The van der Waals surface area contributed by atoms with E-state index in [2.05, 4.69) is 10.5 Å². The number of amides is 1. The lowest BCUT2D eigenvalue weighted by Crippen LogP contribution is -2.15. The summed E-state index contributed by atoms with van der Waals surface area (Å²) in [5.41, 5.74) is 2.54. The van der Waals surface area contributed by atoms with E-state index in [-0.39, 0.29) is 18.2 Å². The van der Waals surface area contributed by atoms with Crippen molar-refractivity contribution in [3.05, 3.63) is 76.1 Å². The van der Waals surface area contributed by atoms with E-state index in [9.17, 15) is 4.79 Å². The minimum absolute atomic E-state index is 0.191. The van der Waals surface area contributed by atoms with Crippen LogP contribution in [0.15, 0.2) is 53.1 Å². The molecule has 0 saturated heterocycles. The Hall–Kier alpha value is -2.79. The van der Waals surface area contributed by atoms with E-state index < -0.39 is 0 Å². The van der Waals surface area contributed by atoms with E-state index in [4.69, 9.17) is 20.9 Å². The molecule has 1 amide bonds. The summed E-state index contributed by atoms with van der Waals surface area (Å²) in [6.07, 6.45) is 0. The Morgan fingerprint density at radius 1 is 1.20 bits per heavy atom. The summed E-state index contributed by atoms with van der Waals surface area (Å²) in [5, 5.41) is 7.16. The number of aryl methyl sites for hydroxylation is 2. The Bertz CT molecular complexity index is 888. The fourth-order valence-corrected chi connectivity index (χ4v) is 2.48. The van der Waals surface area contributed by atoms with Crippen LogP contribution in [-0.4, -0.2) is 11.1 Å². The minimum Gasteiger partial charge on any atom is -0.489 e. The fourth-order valence-electron chi connectivity index (χ4n) is 2.29. The summed E-state index contributed by atoms with van der Waals surface area (Å²) in [6.45, 7) is 3.94. The van der Waals surface area contributed by atoms with Gasteiger partial charge < -0.3 is 14.6 Å². The number of nitrogens with zero attached hydrogens (tertiary/aromatic N) is 1. The standard InChI is InChI=1S/C19H17ClN2O3/c1-12-6-8-16(9-7-12)24-11-17-13(2)25-22-18(17)19(23)21-15-5-3-4-14(20)10-15/h3-10H,11H2,1-2H3,(H,21,23). The molecule has 25 heavy (non-hydrogen) atoms. The third kappa shape index (κ3) is 4.19. The third-order valence-corrected chi connectivity index (χ3v) is 3.92. The Labute approximate surface area is 150 Å². The molecule has 2 aromatic carbocycles. The van der Waals surface area contributed by atoms with Crippen LogP contribution < -0.4 is 10.1 Å². The lowest BCUT2D eigenvalue weighted by Gasteiger charge is -2.08. The van der Waals surface area contributed by atoms with Crippen molar-refractivity contribution in [2.75, 3.05) is 5.32 Å². The number of benzene rings is 2. The summed E-state index contributed by atoms with van der Waals surface area (Å²) in [7, 11) is 0. The number of ether oxygens (including phenoxy) is 1. The van der Waals surface area contributed by atoms with E-state index in [0.29, 0.717) is 27.8 Å². The van der Waals surface area contributed by atoms with Crippen LogP contribution in [0.3, 0.4) is 0 Å². The summed E-state index contributed by atoms with van der Waals surface area (Å²) in [6, 6.07) is 14.6. The molecule has 1 aromatic heterocycles. The average molecular weight is 357 g/mol. The molecule has 6 heteroatoms. The number of anilines is 1. The zero-order valence-electron chi connectivity index (χ0n) is 13.9. The van der Waals surface area contributed by atoms with Gasteiger partial charge in [-0.1, -0.05) is 40.5 Å². The van der Waals surface area contributed by atoms with Gasteiger partial charge in [0.1, 0.15) is 18.1 Å². The predicted octanol–water partition coefficient (Wildman–Crippen LogP) is 4.78. The van der Waals surface area contributed by atoms with Gasteiger partial charge in [-0.15, -0.1) is 0 Å². The molecule has 0 aliphatic carbocycles. The largest absolute Gasteiger partial charge is 0.489 e. The van der Waals surface area contributed by atoms with Crippen molar-refractivity contribution in [1.29, 1.82) is 0 Å². The molecule has 3 aromatic rings. The van der Waals surface area contributed by atoms with Crippen LogP contribution in [0.1, 0.15) is 27.4 Å². The first-order chi connectivity index (χ1) is 12.0. The van der Waals surface area contributed by atoms with Gasteiger partial charge in [-0.3, -0.25) is 4.79 Å². The van der Waals surface area contributed by atoms with Gasteiger partial charge in [0.2, 0.25) is 0 Å². The number of nitrogens with one attached hydrogen (secondary N) is 1. The zero-order valence-corrected chi connectivity index (χ0v) is 14.6. The molecule has 0 aliphatic rings. The Balaban J connectivity index is 1.74. The molecule has 0 spiro atoms. The topological polar surface area (TPSA) is 64.4 Å². The molecule has 1 N–H and O–H groups in total. The molecule has 0 fully saturated rings. The van der Waals surface area contributed by atoms with Gasteiger partial charge in [0, 0.05) is 10.7 Å². The first-order valence-corrected chi connectivity index (χ1v) is 8.12. The minimum atomic E-state index is -0.373. The number of hydrogen-bond acceptors (Lipinski definition) is 4. The van der Waals surface area contributed by atoms with Gasteiger partial charge in [0.25, 0.3) is 5.91 Å². The summed E-state index contributed by atoms with van der Waals surface area (Å²) in [5.74, 6) is 0.886. The van der Waals surface area contributed by atoms with Crippen LogP contribution in [0.5, 0.6) is 5.75 Å². The van der Waals surface area contributed by atoms with E-state index in [1.54, 1.807) is 31.2 Å². The van der Waals surface area contributed by atoms with Gasteiger partial charge in [0.15, 0.2) is 5.69 Å². The van der Waals surface area contributed by atoms with Gasteiger partial charge in [-0.2, -0.15) is 0 Å². The van der Waals surface area contributed by atoms with Crippen LogP contribution in [0.4, 0.5) is 5.69 Å². The highest BCUT2D eigenvalue weighted by atomic mass is 35.5. The van der Waals surface area contributed by atoms with Gasteiger partial charge in [-0.05, 0) is 44.2 Å². The van der Waals surface area contributed by atoms with Crippen LogP contribution in [-0.2, 0) is 6.61 Å². The second-order valence-electron chi connectivity index (χ2n) is 5.63. The second-order valence-corrected chi connectivity index (χ2v) is 6.07. The van der Waals surface area contributed by atoms with Crippen molar-refractivity contribution in [1.82, 2.24) is 5.16 Å². The number of aromatic nitrogens is 1. The molecule has 1 heterocycles. The molecule has 0 unspecified atom stereocenters. The van der Waals surface area contributed by atoms with Crippen LogP contribution >= 0.6 is 11.6 Å². The number of hydrogen-bond donors (Lipinski definition) is 1. The quantitative estimate of drug-likeness (QED) is 0.714. The van der Waals surface area contributed by atoms with Gasteiger partial charge in [0.05, 0.1) is 5.56 Å². The first-order valence-electron chi connectivity index (χ1n) is 7.74. The number of carbonyl (C=O) groups excluding carboxylic acids is 1. The van der Waals surface area contributed by atoms with Gasteiger partial charge >= 0.3 is 0 Å². The van der Waals surface area contributed by atoms with E-state index in [1.807, 2.05) is 31.2 Å². The molecule has 0 bridgehead atoms. The third-order valence-electron chi connectivity index (χ3n) is 3.69. The normalized spacial score (nSPS) is 10.5. The molecule has 128 valence electrons. The lowest BCUT2D eigenvalue weighted by molar-refractivity contribution is 0.101. The van der Waals surface area contributed by atoms with Crippen LogP contribution in [0.2, 0.25) is 5.02 Å². The fraction of sp³-hybridized carbons (Fsp3) is 0.158. The molecule has 5 nitrogen and oxygen atoms in total. The average Bonchev–Trinajstić information content (AvgIpc) is 2.95. The van der Waals surface area contributed by atoms with Crippen molar-refractivity contribution in [2.45, 2.75) is 20.5 Å². The summed E-state index contributed by atoms with van der Waals surface area (Å²) in [4.78, 5) is 12.5. The first kappa shape index (κ1) is 17.0. The molecule has 3 rings (SSSR count). The molecule has 0 atom stereocenters. The molecule has 0 radical (unpaired) electrons. The highest BCUT2D eigenvalue weighted by Gasteiger charge is 2.20. The van der Waals surface area contributed by atoms with E-state index >= 15 is 0 Å². The SMILES string of the molecule is Cc1ccc(OCc2c(C(=O)Nc3cccc(Cl)c3)noc2C)cc1. The number of halogens is 1. The van der Waals surface area contributed by atoms with Crippen molar-refractivity contribution in [3.63, 3.8) is 0 Å². The van der Waals surface area contributed by atoms with Crippen molar-refractivity contribution in [2.24, 2.45) is 0 Å². The second kappa shape index (κ2) is 7.40. The highest BCUT2D eigenvalue weighted by molar-refractivity contribution is 6.30. The van der Waals surface area contributed by atoms with E-state index in [0.717, 1.165) is 5.56 Å². The lowest BCUT2D eigenvalue weighted by atomic mass is 10.2. The Morgan fingerprint density at radius 3 is 2.68 bits per heavy atom. The number of carbonyl (C=O) groups is 1. The van der Waals surface area contributed by atoms with Gasteiger partial charge in [-0.25, -0.2) is 0 Å². The zero-order chi connectivity index (χ0) is 17.8. The van der Waals surface area contributed by atoms with Crippen LogP contribution in [0, 0.1) is 13.8 Å². The Kier molecular flexibility index (Phi) is 5.05. The Morgan fingerprint density at radius 2 is 1.96 bits per heavy atom. The number of rotatable bonds is 5. The maximum atomic E-state index is 12.5. The molecular weight excluding hydrogens is 340 g/mol. The maximum absolute atomic E-state index is 12.5. The monoisotopic (exact) mass is 356 g/mol. The van der Waals surface area contributed by atoms with Crippen molar-refractivity contribution < 1.29 is 14.1 Å². The maximum Gasteiger partial charge on any atom is 0.278 e. The molecular formula is C19H17ClN2O3. The molecule has 0 aliphatic heterocycles. The van der Waals surface area contributed by atoms with Crippen molar-refractivity contribution in [3.8, 4) is 5.75 Å². The summed E-state index contributed by atoms with van der Waals surface area (Å²) >= 11 is 5.93. The smallest absolute Gasteiger partial charge is 0.278 e. The van der Waals surface area contributed by atoms with Crippen molar-refractivity contribution >= 4 is 23.2 Å². The van der Waals surface area contributed by atoms with Crippen LogP contribution in [0.25, 0.3) is 0 Å². The molecule has 0 saturated carbocycles. The van der Waals surface area contributed by atoms with E-state index in [1.165, 1.54) is 0 Å². The predicted molar refractivity (Wildman–Crippen MR) is 96.2 cm³/mol. The highest BCUT2D eigenvalue weighted by Crippen LogP contribution is 2.20.